The SMILES string of the molecule is CC1CCCN(Cc2ccc(CNC(=O)c3n[nH]c4c3CCCC4)cc2)C1. The number of benzene rings is 1. The van der Waals surface area contributed by atoms with E-state index >= 15 is 0 Å². The Kier molecular flexibility index (Phi) is 5.58. The smallest absolute Gasteiger partial charge is 0.272 e. The van der Waals surface area contributed by atoms with Crippen molar-refractivity contribution in [2.24, 2.45) is 5.92 Å². The number of carbonyl (C=O) groups is 1. The maximum absolute atomic E-state index is 12.5. The predicted molar refractivity (Wildman–Crippen MR) is 107 cm³/mol. The molecule has 1 aliphatic carbocycles. The Labute approximate surface area is 161 Å². The number of aryl methyl sites for hydroxylation is 1. The molecule has 0 saturated carbocycles. The third-order valence-electron chi connectivity index (χ3n) is 5.89. The van der Waals surface area contributed by atoms with Crippen molar-refractivity contribution >= 4 is 5.91 Å². The van der Waals surface area contributed by atoms with Crippen LogP contribution >= 0.6 is 0 Å². The lowest BCUT2D eigenvalue weighted by Crippen LogP contribution is -2.33. The molecule has 2 aliphatic rings. The fourth-order valence-electron chi connectivity index (χ4n) is 4.39. The van der Waals surface area contributed by atoms with Crippen molar-refractivity contribution in [2.45, 2.75) is 58.5 Å². The van der Waals surface area contributed by atoms with Crippen LogP contribution in [0.5, 0.6) is 0 Å². The van der Waals surface area contributed by atoms with Crippen molar-refractivity contribution in [2.75, 3.05) is 13.1 Å². The molecule has 4 rings (SSSR count). The van der Waals surface area contributed by atoms with Crippen LogP contribution in [-0.2, 0) is 25.9 Å². The average molecular weight is 367 g/mol. The van der Waals surface area contributed by atoms with Crippen molar-refractivity contribution < 1.29 is 4.79 Å². The first-order valence-electron chi connectivity index (χ1n) is 10.3. The minimum Gasteiger partial charge on any atom is -0.347 e. The zero-order valence-electron chi connectivity index (χ0n) is 16.3. The summed E-state index contributed by atoms with van der Waals surface area (Å²) in [5.74, 6) is 0.738. The number of piperidine rings is 1. The number of H-pyrrole nitrogens is 1. The van der Waals surface area contributed by atoms with E-state index in [2.05, 4.69) is 51.6 Å². The Morgan fingerprint density at radius 1 is 1.19 bits per heavy atom. The number of aromatic amines is 1. The second-order valence-electron chi connectivity index (χ2n) is 8.22. The van der Waals surface area contributed by atoms with Crippen molar-refractivity contribution in [3.63, 3.8) is 0 Å². The van der Waals surface area contributed by atoms with E-state index in [1.165, 1.54) is 37.9 Å². The van der Waals surface area contributed by atoms with Crippen LogP contribution in [-0.4, -0.2) is 34.1 Å². The molecule has 1 unspecified atom stereocenters. The maximum atomic E-state index is 12.5. The first-order chi connectivity index (χ1) is 13.2. The molecule has 144 valence electrons. The summed E-state index contributed by atoms with van der Waals surface area (Å²) in [5, 5.41) is 10.3. The number of nitrogens with one attached hydrogen (secondary N) is 2. The molecule has 1 aromatic heterocycles. The highest BCUT2D eigenvalue weighted by molar-refractivity contribution is 5.94. The second-order valence-corrected chi connectivity index (χ2v) is 8.22. The molecular weight excluding hydrogens is 336 g/mol. The number of likely N-dealkylation sites (tertiary alicyclic amines) is 1. The van der Waals surface area contributed by atoms with E-state index in [4.69, 9.17) is 0 Å². The van der Waals surface area contributed by atoms with E-state index in [1.54, 1.807) is 0 Å². The van der Waals surface area contributed by atoms with E-state index < -0.39 is 0 Å². The van der Waals surface area contributed by atoms with Crippen LogP contribution in [0.2, 0.25) is 0 Å². The van der Waals surface area contributed by atoms with Crippen LogP contribution in [0.3, 0.4) is 0 Å². The highest BCUT2D eigenvalue weighted by Crippen LogP contribution is 2.22. The lowest BCUT2D eigenvalue weighted by atomic mass is 9.96. The summed E-state index contributed by atoms with van der Waals surface area (Å²) in [6, 6.07) is 8.64. The van der Waals surface area contributed by atoms with Gasteiger partial charge in [-0.25, -0.2) is 0 Å². The third-order valence-corrected chi connectivity index (χ3v) is 5.89. The molecule has 1 atom stereocenters. The van der Waals surface area contributed by atoms with Gasteiger partial charge in [0.2, 0.25) is 0 Å². The third kappa shape index (κ3) is 4.41. The van der Waals surface area contributed by atoms with Gasteiger partial charge in [-0.05, 0) is 62.1 Å². The summed E-state index contributed by atoms with van der Waals surface area (Å²) in [4.78, 5) is 15.1. The molecule has 1 aliphatic heterocycles. The fourth-order valence-corrected chi connectivity index (χ4v) is 4.39. The fraction of sp³-hybridized carbons (Fsp3) is 0.545. The summed E-state index contributed by atoms with van der Waals surface area (Å²) < 4.78 is 0. The summed E-state index contributed by atoms with van der Waals surface area (Å²) in [6.07, 6.45) is 6.95. The number of hydrogen-bond acceptors (Lipinski definition) is 3. The molecular formula is C22H30N4O. The number of hydrogen-bond donors (Lipinski definition) is 2. The molecule has 5 nitrogen and oxygen atoms in total. The standard InChI is InChI=1S/C22H30N4O/c1-16-5-4-12-26(14-16)15-18-10-8-17(9-11-18)13-23-22(27)21-19-6-2-3-7-20(19)24-25-21/h8-11,16H,2-7,12-15H2,1H3,(H,23,27)(H,24,25). The molecule has 1 saturated heterocycles. The van der Waals surface area contributed by atoms with Crippen LogP contribution in [0.4, 0.5) is 0 Å². The average Bonchev–Trinajstić information content (AvgIpc) is 3.11. The van der Waals surface area contributed by atoms with Crippen molar-refractivity contribution in [3.05, 3.63) is 52.3 Å². The lowest BCUT2D eigenvalue weighted by molar-refractivity contribution is 0.0945. The number of carbonyl (C=O) groups excluding carboxylic acids is 1. The Morgan fingerprint density at radius 2 is 1.96 bits per heavy atom. The van der Waals surface area contributed by atoms with Gasteiger partial charge in [-0.2, -0.15) is 5.10 Å². The molecule has 2 N–H and O–H groups in total. The van der Waals surface area contributed by atoms with Gasteiger partial charge in [0, 0.05) is 30.9 Å². The highest BCUT2D eigenvalue weighted by Gasteiger charge is 2.21. The van der Waals surface area contributed by atoms with Gasteiger partial charge >= 0.3 is 0 Å². The van der Waals surface area contributed by atoms with Gasteiger partial charge in [0.15, 0.2) is 5.69 Å². The van der Waals surface area contributed by atoms with E-state index in [-0.39, 0.29) is 5.91 Å². The highest BCUT2D eigenvalue weighted by atomic mass is 16.1. The summed E-state index contributed by atoms with van der Waals surface area (Å²) in [7, 11) is 0. The molecule has 2 aromatic rings. The van der Waals surface area contributed by atoms with E-state index in [0.717, 1.165) is 48.5 Å². The van der Waals surface area contributed by atoms with Gasteiger partial charge in [-0.1, -0.05) is 31.2 Å². The lowest BCUT2D eigenvalue weighted by Gasteiger charge is -2.30. The number of fused-ring (bicyclic) bond motifs is 1. The van der Waals surface area contributed by atoms with E-state index in [9.17, 15) is 4.79 Å². The maximum Gasteiger partial charge on any atom is 0.272 e. The Bertz CT molecular complexity index is 780. The Morgan fingerprint density at radius 3 is 2.78 bits per heavy atom. The quantitative estimate of drug-likeness (QED) is 0.852. The largest absolute Gasteiger partial charge is 0.347 e. The molecule has 0 bridgehead atoms. The van der Waals surface area contributed by atoms with Crippen molar-refractivity contribution in [1.82, 2.24) is 20.4 Å². The predicted octanol–water partition coefficient (Wildman–Crippen LogP) is 3.45. The number of amides is 1. The first-order valence-corrected chi connectivity index (χ1v) is 10.3. The molecule has 5 heteroatoms. The van der Waals surface area contributed by atoms with E-state index in [1.807, 2.05) is 0 Å². The first kappa shape index (κ1) is 18.2. The summed E-state index contributed by atoms with van der Waals surface area (Å²) in [6.45, 7) is 6.31. The van der Waals surface area contributed by atoms with Gasteiger partial charge in [-0.3, -0.25) is 14.8 Å². The molecule has 2 heterocycles. The van der Waals surface area contributed by atoms with Gasteiger partial charge in [0.25, 0.3) is 5.91 Å². The number of aromatic nitrogens is 2. The molecule has 1 amide bonds. The van der Waals surface area contributed by atoms with Crippen LogP contribution in [0.1, 0.15) is 65.5 Å². The number of rotatable bonds is 5. The summed E-state index contributed by atoms with van der Waals surface area (Å²) in [5.41, 5.74) is 5.32. The van der Waals surface area contributed by atoms with Crippen LogP contribution in [0.15, 0.2) is 24.3 Å². The van der Waals surface area contributed by atoms with Crippen molar-refractivity contribution in [1.29, 1.82) is 0 Å². The van der Waals surface area contributed by atoms with Crippen molar-refractivity contribution in [3.8, 4) is 0 Å². The minimum atomic E-state index is -0.0687. The second kappa shape index (κ2) is 8.26. The van der Waals surface area contributed by atoms with Gasteiger partial charge < -0.3 is 5.32 Å². The van der Waals surface area contributed by atoms with Gasteiger partial charge in [0.05, 0.1) is 0 Å². The Hall–Kier alpha value is -2.14. The minimum absolute atomic E-state index is 0.0687. The van der Waals surface area contributed by atoms with Crippen LogP contribution in [0, 0.1) is 5.92 Å². The molecule has 27 heavy (non-hydrogen) atoms. The zero-order valence-corrected chi connectivity index (χ0v) is 16.3. The summed E-state index contributed by atoms with van der Waals surface area (Å²) >= 11 is 0. The zero-order chi connectivity index (χ0) is 18.6. The van der Waals surface area contributed by atoms with E-state index in [0.29, 0.717) is 12.2 Å². The topological polar surface area (TPSA) is 61.0 Å². The number of nitrogens with zero attached hydrogens (tertiary/aromatic N) is 2. The van der Waals surface area contributed by atoms with Crippen LogP contribution < -0.4 is 5.32 Å². The molecule has 1 aromatic carbocycles. The van der Waals surface area contributed by atoms with Gasteiger partial charge in [0.1, 0.15) is 0 Å². The molecule has 1 fully saturated rings. The molecule has 0 radical (unpaired) electrons. The van der Waals surface area contributed by atoms with Crippen LogP contribution in [0.25, 0.3) is 0 Å². The normalized spacial score (nSPS) is 20.3. The molecule has 0 spiro atoms. The Balaban J connectivity index is 1.31. The van der Waals surface area contributed by atoms with Gasteiger partial charge in [-0.15, -0.1) is 0 Å². The monoisotopic (exact) mass is 366 g/mol.